The van der Waals surface area contributed by atoms with Crippen LogP contribution in [0.3, 0.4) is 0 Å². The Hall–Kier alpha value is -3.16. The van der Waals surface area contributed by atoms with Gasteiger partial charge in [-0.1, -0.05) is 0 Å². The number of carbonyl (C=O) groups is 1. The molecular formula is C18H15F3N4O. The highest BCUT2D eigenvalue weighted by Gasteiger charge is 2.30. The van der Waals surface area contributed by atoms with Crippen molar-refractivity contribution >= 4 is 22.6 Å². The normalized spacial score (nSPS) is 11.3. The lowest BCUT2D eigenvalue weighted by molar-refractivity contribution is -0.137. The molecule has 0 fully saturated rings. The van der Waals surface area contributed by atoms with Gasteiger partial charge in [0.05, 0.1) is 11.1 Å². The number of aromatic nitrogens is 2. The molecule has 5 nitrogen and oxygen atoms in total. The standard InChI is InChI=1S/C18H15F3N4O/c19-18(20,21)14-2-3-15-13(11-14)1-4-16(25-15)23-9-10-24-17(26)12-5-7-22-8-6-12/h1-8,11H,9-10H2,(H,23,25)(H,24,26). The Morgan fingerprint density at radius 1 is 1.00 bits per heavy atom. The zero-order valence-corrected chi connectivity index (χ0v) is 13.5. The molecular weight excluding hydrogens is 345 g/mol. The van der Waals surface area contributed by atoms with Gasteiger partial charge in [0.15, 0.2) is 0 Å². The quantitative estimate of drug-likeness (QED) is 0.684. The Balaban J connectivity index is 1.57. The van der Waals surface area contributed by atoms with E-state index in [1.54, 1.807) is 24.3 Å². The van der Waals surface area contributed by atoms with Crippen molar-refractivity contribution in [3.05, 3.63) is 66.0 Å². The fourth-order valence-electron chi connectivity index (χ4n) is 2.37. The molecule has 0 unspecified atom stereocenters. The molecule has 3 aromatic rings. The van der Waals surface area contributed by atoms with Crippen molar-refractivity contribution in [3.8, 4) is 0 Å². The number of benzene rings is 1. The molecule has 0 aliphatic heterocycles. The van der Waals surface area contributed by atoms with Gasteiger partial charge in [0.2, 0.25) is 0 Å². The van der Waals surface area contributed by atoms with Gasteiger partial charge in [-0.25, -0.2) is 4.98 Å². The summed E-state index contributed by atoms with van der Waals surface area (Å²) in [6.07, 6.45) is -1.30. The van der Waals surface area contributed by atoms with Crippen LogP contribution in [0.2, 0.25) is 0 Å². The van der Waals surface area contributed by atoms with E-state index in [2.05, 4.69) is 20.6 Å². The van der Waals surface area contributed by atoms with Gasteiger partial charge in [-0.15, -0.1) is 0 Å². The zero-order chi connectivity index (χ0) is 18.6. The molecule has 8 heteroatoms. The Morgan fingerprint density at radius 2 is 1.77 bits per heavy atom. The van der Waals surface area contributed by atoms with Crippen LogP contribution in [0.4, 0.5) is 19.0 Å². The van der Waals surface area contributed by atoms with E-state index in [9.17, 15) is 18.0 Å². The zero-order valence-electron chi connectivity index (χ0n) is 13.5. The van der Waals surface area contributed by atoms with Gasteiger partial charge < -0.3 is 10.6 Å². The van der Waals surface area contributed by atoms with Crippen molar-refractivity contribution in [2.24, 2.45) is 0 Å². The van der Waals surface area contributed by atoms with E-state index in [-0.39, 0.29) is 5.91 Å². The summed E-state index contributed by atoms with van der Waals surface area (Å²) < 4.78 is 38.2. The summed E-state index contributed by atoms with van der Waals surface area (Å²) in [6, 6.07) is 9.83. The van der Waals surface area contributed by atoms with Crippen molar-refractivity contribution in [2.45, 2.75) is 6.18 Å². The third-order valence-corrected chi connectivity index (χ3v) is 3.68. The summed E-state index contributed by atoms with van der Waals surface area (Å²) in [5, 5.41) is 6.19. The third kappa shape index (κ3) is 4.27. The molecule has 134 valence electrons. The largest absolute Gasteiger partial charge is 0.416 e. The van der Waals surface area contributed by atoms with E-state index in [0.29, 0.717) is 35.4 Å². The van der Waals surface area contributed by atoms with Crippen molar-refractivity contribution in [3.63, 3.8) is 0 Å². The number of carbonyl (C=O) groups excluding carboxylic acids is 1. The summed E-state index contributed by atoms with van der Waals surface area (Å²) >= 11 is 0. The summed E-state index contributed by atoms with van der Waals surface area (Å²) in [7, 11) is 0. The lowest BCUT2D eigenvalue weighted by Crippen LogP contribution is -2.28. The van der Waals surface area contributed by atoms with Gasteiger partial charge in [-0.3, -0.25) is 9.78 Å². The van der Waals surface area contributed by atoms with E-state index < -0.39 is 11.7 Å². The van der Waals surface area contributed by atoms with Crippen LogP contribution in [0.1, 0.15) is 15.9 Å². The van der Waals surface area contributed by atoms with Crippen LogP contribution in [0.5, 0.6) is 0 Å². The Morgan fingerprint density at radius 3 is 2.50 bits per heavy atom. The van der Waals surface area contributed by atoms with Gasteiger partial charge in [0.1, 0.15) is 5.82 Å². The van der Waals surface area contributed by atoms with Gasteiger partial charge in [-0.05, 0) is 42.5 Å². The molecule has 1 amide bonds. The van der Waals surface area contributed by atoms with Crippen LogP contribution in [-0.2, 0) is 6.18 Å². The average Bonchev–Trinajstić information content (AvgIpc) is 2.64. The molecule has 0 bridgehead atoms. The molecule has 3 rings (SSSR count). The van der Waals surface area contributed by atoms with Crippen molar-refractivity contribution < 1.29 is 18.0 Å². The molecule has 0 aliphatic rings. The number of hydrogen-bond acceptors (Lipinski definition) is 4. The second-order valence-corrected chi connectivity index (χ2v) is 5.52. The number of nitrogens with zero attached hydrogens (tertiary/aromatic N) is 2. The van der Waals surface area contributed by atoms with E-state index in [4.69, 9.17) is 0 Å². The molecule has 2 aromatic heterocycles. The second kappa shape index (κ2) is 7.38. The predicted octanol–water partition coefficient (Wildman–Crippen LogP) is 3.49. The van der Waals surface area contributed by atoms with E-state index in [1.165, 1.54) is 18.5 Å². The Labute approximate surface area is 147 Å². The van der Waals surface area contributed by atoms with Gasteiger partial charge >= 0.3 is 6.18 Å². The van der Waals surface area contributed by atoms with Crippen LogP contribution in [0, 0.1) is 0 Å². The number of halogens is 3. The minimum absolute atomic E-state index is 0.208. The molecule has 26 heavy (non-hydrogen) atoms. The first kappa shape index (κ1) is 17.7. The predicted molar refractivity (Wildman–Crippen MR) is 91.8 cm³/mol. The van der Waals surface area contributed by atoms with E-state index in [0.717, 1.165) is 12.1 Å². The minimum atomic E-state index is -4.38. The Kier molecular flexibility index (Phi) is 5.01. The average molecular weight is 360 g/mol. The molecule has 0 aliphatic carbocycles. The smallest absolute Gasteiger partial charge is 0.368 e. The summed E-state index contributed by atoms with van der Waals surface area (Å²) in [5.74, 6) is 0.316. The number of amides is 1. The highest BCUT2D eigenvalue weighted by molar-refractivity contribution is 5.93. The number of anilines is 1. The topological polar surface area (TPSA) is 66.9 Å². The number of fused-ring (bicyclic) bond motifs is 1. The van der Waals surface area contributed by atoms with Crippen LogP contribution in [-0.4, -0.2) is 29.0 Å². The molecule has 0 atom stereocenters. The Bertz CT molecular complexity index is 913. The first-order chi connectivity index (χ1) is 12.4. The number of rotatable bonds is 5. The van der Waals surface area contributed by atoms with E-state index >= 15 is 0 Å². The van der Waals surface area contributed by atoms with Gasteiger partial charge in [0, 0.05) is 36.4 Å². The maximum atomic E-state index is 12.7. The summed E-state index contributed by atoms with van der Waals surface area (Å²) in [6.45, 7) is 0.795. The first-order valence-electron chi connectivity index (χ1n) is 7.83. The molecule has 0 saturated heterocycles. The number of nitrogens with one attached hydrogen (secondary N) is 2. The lowest BCUT2D eigenvalue weighted by Gasteiger charge is -2.10. The summed E-state index contributed by atoms with van der Waals surface area (Å²) in [5.41, 5.74) is 0.277. The second-order valence-electron chi connectivity index (χ2n) is 5.52. The maximum absolute atomic E-state index is 12.7. The van der Waals surface area contributed by atoms with Crippen LogP contribution in [0.25, 0.3) is 10.9 Å². The lowest BCUT2D eigenvalue weighted by atomic mass is 10.1. The number of hydrogen-bond donors (Lipinski definition) is 2. The SMILES string of the molecule is O=C(NCCNc1ccc2cc(C(F)(F)F)ccc2n1)c1ccncc1. The fourth-order valence-corrected chi connectivity index (χ4v) is 2.37. The molecule has 0 spiro atoms. The van der Waals surface area contributed by atoms with Crippen LogP contribution >= 0.6 is 0 Å². The monoisotopic (exact) mass is 360 g/mol. The van der Waals surface area contributed by atoms with Gasteiger partial charge in [-0.2, -0.15) is 13.2 Å². The van der Waals surface area contributed by atoms with Crippen LogP contribution < -0.4 is 10.6 Å². The van der Waals surface area contributed by atoms with Crippen molar-refractivity contribution in [1.29, 1.82) is 0 Å². The van der Waals surface area contributed by atoms with Crippen molar-refractivity contribution in [1.82, 2.24) is 15.3 Å². The molecule has 0 radical (unpaired) electrons. The van der Waals surface area contributed by atoms with Gasteiger partial charge in [0.25, 0.3) is 5.91 Å². The number of pyridine rings is 2. The molecule has 2 N–H and O–H groups in total. The minimum Gasteiger partial charge on any atom is -0.368 e. The van der Waals surface area contributed by atoms with Crippen LogP contribution in [0.15, 0.2) is 54.9 Å². The van der Waals surface area contributed by atoms with E-state index in [1.807, 2.05) is 0 Å². The third-order valence-electron chi connectivity index (χ3n) is 3.68. The molecule has 2 heterocycles. The maximum Gasteiger partial charge on any atom is 0.416 e. The summed E-state index contributed by atoms with van der Waals surface area (Å²) in [4.78, 5) is 20.0. The fraction of sp³-hybridized carbons (Fsp3) is 0.167. The molecule has 1 aromatic carbocycles. The molecule has 0 saturated carbocycles. The number of alkyl halides is 3. The van der Waals surface area contributed by atoms with Crippen molar-refractivity contribution in [2.75, 3.05) is 18.4 Å². The highest BCUT2D eigenvalue weighted by atomic mass is 19.4. The highest BCUT2D eigenvalue weighted by Crippen LogP contribution is 2.31. The first-order valence-corrected chi connectivity index (χ1v) is 7.83.